The Hall–Kier alpha value is -1.75. The van der Waals surface area contributed by atoms with Gasteiger partial charge < -0.3 is 19.8 Å². The molecule has 1 N–H and O–H groups in total. The number of benzene rings is 1. The molecule has 2 heterocycles. The van der Waals surface area contributed by atoms with Gasteiger partial charge in [0.25, 0.3) is 0 Å². The second-order valence-corrected chi connectivity index (χ2v) is 9.14. The third-order valence-electron chi connectivity index (χ3n) is 7.26. The molecule has 1 aliphatic carbocycles. The molecule has 4 rings (SSSR count). The fourth-order valence-electron chi connectivity index (χ4n) is 5.48. The van der Waals surface area contributed by atoms with Crippen LogP contribution in [0.3, 0.4) is 0 Å². The maximum absolute atomic E-state index is 12.7. The molecular weight excluding hydrogens is 362 g/mol. The number of aromatic hydroxyl groups is 1. The van der Waals surface area contributed by atoms with Crippen molar-refractivity contribution in [1.82, 2.24) is 14.7 Å². The predicted molar refractivity (Wildman–Crippen MR) is 116 cm³/mol. The fraction of sp³-hybridized carbons (Fsp3) is 0.708. The number of phenolic OH excluding ortho intramolecular Hbond substituents is 1. The van der Waals surface area contributed by atoms with Crippen molar-refractivity contribution in [3.63, 3.8) is 0 Å². The van der Waals surface area contributed by atoms with E-state index in [-0.39, 0.29) is 0 Å². The van der Waals surface area contributed by atoms with Crippen molar-refractivity contribution < 1.29 is 9.90 Å². The summed E-state index contributed by atoms with van der Waals surface area (Å²) >= 11 is 0. The first-order chi connectivity index (χ1) is 14.2. The molecular formula is C24H37N3O2. The van der Waals surface area contributed by atoms with Crippen LogP contribution in [0.25, 0.3) is 0 Å². The maximum Gasteiger partial charge on any atom is 0.320 e. The number of rotatable bonds is 7. The fourth-order valence-corrected chi connectivity index (χ4v) is 5.48. The summed E-state index contributed by atoms with van der Waals surface area (Å²) in [5, 5.41) is 10.1. The van der Waals surface area contributed by atoms with Crippen LogP contribution < -0.4 is 0 Å². The van der Waals surface area contributed by atoms with Crippen molar-refractivity contribution in [2.24, 2.45) is 0 Å². The van der Waals surface area contributed by atoms with Crippen LogP contribution in [0.1, 0.15) is 69.3 Å². The highest BCUT2D eigenvalue weighted by Crippen LogP contribution is 2.33. The van der Waals surface area contributed by atoms with Gasteiger partial charge in [0.2, 0.25) is 0 Å². The molecule has 3 fully saturated rings. The van der Waals surface area contributed by atoms with Crippen molar-refractivity contribution in [2.75, 3.05) is 39.3 Å². The van der Waals surface area contributed by atoms with Gasteiger partial charge in [-0.15, -0.1) is 0 Å². The minimum absolute atomic E-state index is 0.292. The van der Waals surface area contributed by atoms with Crippen LogP contribution in [-0.2, 0) is 0 Å². The molecule has 0 spiro atoms. The van der Waals surface area contributed by atoms with Gasteiger partial charge in [-0.05, 0) is 75.7 Å². The SMILES string of the molecule is O=C1N(CCCCN2CCC(c3ccccc3O)CC2)CCN1C1CCCCC1. The highest BCUT2D eigenvalue weighted by molar-refractivity contribution is 5.76. The lowest BCUT2D eigenvalue weighted by molar-refractivity contribution is 0.162. The van der Waals surface area contributed by atoms with Gasteiger partial charge in [-0.1, -0.05) is 37.5 Å². The zero-order chi connectivity index (χ0) is 20.1. The summed E-state index contributed by atoms with van der Waals surface area (Å²) < 4.78 is 0. The number of carbonyl (C=O) groups excluding carboxylic acids is 1. The van der Waals surface area contributed by atoms with Crippen LogP contribution in [-0.4, -0.2) is 71.1 Å². The van der Waals surface area contributed by atoms with E-state index >= 15 is 0 Å². The Bertz CT molecular complexity index is 666. The Balaban J connectivity index is 1.13. The van der Waals surface area contributed by atoms with Gasteiger partial charge in [0.05, 0.1) is 0 Å². The normalized spacial score (nSPS) is 22.6. The highest BCUT2D eigenvalue weighted by Gasteiger charge is 2.33. The first kappa shape index (κ1) is 20.5. The van der Waals surface area contributed by atoms with Crippen LogP contribution >= 0.6 is 0 Å². The molecule has 0 bridgehead atoms. The van der Waals surface area contributed by atoms with Crippen molar-refractivity contribution in [1.29, 1.82) is 0 Å². The number of likely N-dealkylation sites (tertiary alicyclic amines) is 1. The van der Waals surface area contributed by atoms with Crippen molar-refractivity contribution >= 4 is 6.03 Å². The van der Waals surface area contributed by atoms with Crippen LogP contribution in [0, 0.1) is 0 Å². The summed E-state index contributed by atoms with van der Waals surface area (Å²) in [6, 6.07) is 8.59. The van der Waals surface area contributed by atoms with E-state index in [1.807, 2.05) is 12.1 Å². The van der Waals surface area contributed by atoms with Crippen LogP contribution in [0.2, 0.25) is 0 Å². The molecule has 1 aromatic rings. The van der Waals surface area contributed by atoms with E-state index in [1.54, 1.807) is 6.07 Å². The van der Waals surface area contributed by atoms with E-state index in [2.05, 4.69) is 20.8 Å². The molecule has 2 saturated heterocycles. The number of phenols is 1. The van der Waals surface area contributed by atoms with Gasteiger partial charge in [-0.2, -0.15) is 0 Å². The molecule has 2 amide bonds. The number of hydrogen-bond donors (Lipinski definition) is 1. The summed E-state index contributed by atoms with van der Waals surface area (Å²) in [5.41, 5.74) is 1.11. The Morgan fingerprint density at radius 1 is 0.862 bits per heavy atom. The molecule has 2 aliphatic heterocycles. The predicted octanol–water partition coefficient (Wildman–Crippen LogP) is 4.42. The lowest BCUT2D eigenvalue weighted by Gasteiger charge is -2.32. The smallest absolute Gasteiger partial charge is 0.320 e. The maximum atomic E-state index is 12.7. The molecule has 5 heteroatoms. The summed E-state index contributed by atoms with van der Waals surface area (Å²) in [7, 11) is 0. The van der Waals surface area contributed by atoms with E-state index in [9.17, 15) is 9.90 Å². The molecule has 1 aromatic carbocycles. The number of hydrogen-bond acceptors (Lipinski definition) is 3. The monoisotopic (exact) mass is 399 g/mol. The largest absolute Gasteiger partial charge is 0.508 e. The third-order valence-corrected chi connectivity index (χ3v) is 7.26. The van der Waals surface area contributed by atoms with E-state index in [0.29, 0.717) is 23.7 Å². The van der Waals surface area contributed by atoms with E-state index in [0.717, 1.165) is 70.5 Å². The van der Waals surface area contributed by atoms with Crippen molar-refractivity contribution in [3.8, 4) is 5.75 Å². The Labute approximate surface area is 175 Å². The zero-order valence-electron chi connectivity index (χ0n) is 17.8. The summed E-state index contributed by atoms with van der Waals surface area (Å²) in [5.74, 6) is 0.934. The second-order valence-electron chi connectivity index (χ2n) is 9.14. The molecule has 29 heavy (non-hydrogen) atoms. The molecule has 5 nitrogen and oxygen atoms in total. The lowest BCUT2D eigenvalue weighted by Crippen LogP contribution is -2.40. The second kappa shape index (κ2) is 9.84. The first-order valence-electron chi connectivity index (χ1n) is 11.8. The van der Waals surface area contributed by atoms with Gasteiger partial charge >= 0.3 is 6.03 Å². The highest BCUT2D eigenvalue weighted by atomic mass is 16.3. The molecule has 0 aromatic heterocycles. The number of piperidine rings is 1. The van der Waals surface area contributed by atoms with E-state index < -0.39 is 0 Å². The summed E-state index contributed by atoms with van der Waals surface area (Å²) in [6.07, 6.45) is 10.8. The van der Waals surface area contributed by atoms with Crippen molar-refractivity contribution in [3.05, 3.63) is 29.8 Å². The summed E-state index contributed by atoms with van der Waals surface area (Å²) in [6.45, 7) is 6.11. The number of urea groups is 1. The molecule has 0 atom stereocenters. The minimum atomic E-state index is 0.292. The minimum Gasteiger partial charge on any atom is -0.508 e. The lowest BCUT2D eigenvalue weighted by atomic mass is 9.89. The van der Waals surface area contributed by atoms with Gasteiger partial charge in [0.15, 0.2) is 0 Å². The number of unbranched alkanes of at least 4 members (excludes halogenated alkanes) is 1. The van der Waals surface area contributed by atoms with Gasteiger partial charge in [0, 0.05) is 25.7 Å². The van der Waals surface area contributed by atoms with Gasteiger partial charge in [0.1, 0.15) is 5.75 Å². The Morgan fingerprint density at radius 2 is 1.59 bits per heavy atom. The Morgan fingerprint density at radius 3 is 2.34 bits per heavy atom. The first-order valence-corrected chi connectivity index (χ1v) is 11.8. The quantitative estimate of drug-likeness (QED) is 0.690. The Kier molecular flexibility index (Phi) is 6.96. The standard InChI is InChI=1S/C24H37N3O2/c28-23-11-5-4-10-22(23)20-12-16-25(17-13-20)14-6-7-15-26-18-19-27(24(26)29)21-8-2-1-3-9-21/h4-5,10-11,20-21,28H,1-3,6-9,12-19H2. The average molecular weight is 400 g/mol. The van der Waals surface area contributed by atoms with Crippen molar-refractivity contribution in [2.45, 2.75) is 69.7 Å². The number of nitrogens with zero attached hydrogens (tertiary/aromatic N) is 3. The van der Waals surface area contributed by atoms with E-state index in [4.69, 9.17) is 0 Å². The van der Waals surface area contributed by atoms with Gasteiger partial charge in [-0.3, -0.25) is 0 Å². The van der Waals surface area contributed by atoms with Crippen LogP contribution in [0.5, 0.6) is 5.75 Å². The van der Waals surface area contributed by atoms with Gasteiger partial charge in [-0.25, -0.2) is 4.79 Å². The topological polar surface area (TPSA) is 47.0 Å². The van der Waals surface area contributed by atoms with E-state index in [1.165, 1.54) is 32.1 Å². The third kappa shape index (κ3) is 5.06. The molecule has 1 saturated carbocycles. The van der Waals surface area contributed by atoms with Crippen LogP contribution in [0.4, 0.5) is 4.79 Å². The van der Waals surface area contributed by atoms with Crippen LogP contribution in [0.15, 0.2) is 24.3 Å². The number of para-hydroxylation sites is 1. The zero-order valence-corrected chi connectivity index (χ0v) is 17.8. The number of carbonyl (C=O) groups is 1. The number of amides is 2. The summed E-state index contributed by atoms with van der Waals surface area (Å²) in [4.78, 5) is 19.5. The average Bonchev–Trinajstić information content (AvgIpc) is 3.13. The molecule has 3 aliphatic rings. The molecule has 160 valence electrons. The molecule has 0 unspecified atom stereocenters. The molecule has 0 radical (unpaired) electrons.